The van der Waals surface area contributed by atoms with Crippen molar-refractivity contribution in [1.82, 2.24) is 10.2 Å². The Bertz CT molecular complexity index is 1400. The maximum atomic E-state index is 13.9. The van der Waals surface area contributed by atoms with Crippen LogP contribution in [0.15, 0.2) is 77.7 Å². The molecule has 0 aliphatic rings. The van der Waals surface area contributed by atoms with E-state index in [0.29, 0.717) is 16.3 Å². The van der Waals surface area contributed by atoms with Gasteiger partial charge in [0.05, 0.1) is 17.7 Å². The predicted octanol–water partition coefficient (Wildman–Crippen LogP) is 4.79. The lowest BCUT2D eigenvalue weighted by atomic mass is 10.1. The van der Waals surface area contributed by atoms with Crippen molar-refractivity contribution in [2.24, 2.45) is 0 Å². The highest BCUT2D eigenvalue weighted by Crippen LogP contribution is 2.31. The Morgan fingerprint density at radius 1 is 0.949 bits per heavy atom. The lowest BCUT2D eigenvalue weighted by Gasteiger charge is -2.32. The standard InChI is InChI=1S/C29H34ClN3O5S/c1-20(2)31-29(35)22(4)32(18-23-14-16-24(38-5)17-15-23)28(34)19-33(27-13-9-12-26(30)21(27)3)39(36,37)25-10-7-6-8-11-25/h6-17,20,22H,18-19H2,1-5H3,(H,31,35)/t22-/m0/s1. The molecule has 0 heterocycles. The van der Waals surface area contributed by atoms with Crippen LogP contribution in [0.2, 0.25) is 5.02 Å². The molecule has 2 amide bonds. The van der Waals surface area contributed by atoms with Gasteiger partial charge in [0.15, 0.2) is 0 Å². The summed E-state index contributed by atoms with van der Waals surface area (Å²) < 4.78 is 34.0. The molecular formula is C29H34ClN3O5S. The molecule has 0 fully saturated rings. The fourth-order valence-corrected chi connectivity index (χ4v) is 5.68. The van der Waals surface area contributed by atoms with Crippen molar-refractivity contribution in [1.29, 1.82) is 0 Å². The summed E-state index contributed by atoms with van der Waals surface area (Å²) in [5.74, 6) is -0.238. The maximum Gasteiger partial charge on any atom is 0.264 e. The molecule has 0 radical (unpaired) electrons. The Morgan fingerprint density at radius 3 is 2.18 bits per heavy atom. The van der Waals surface area contributed by atoms with Crippen molar-refractivity contribution in [2.45, 2.75) is 51.2 Å². The Balaban J connectivity index is 2.05. The number of carbonyl (C=O) groups is 2. The average molecular weight is 572 g/mol. The second-order valence-electron chi connectivity index (χ2n) is 9.42. The van der Waals surface area contributed by atoms with Gasteiger partial charge in [0.1, 0.15) is 18.3 Å². The van der Waals surface area contributed by atoms with Gasteiger partial charge in [-0.15, -0.1) is 0 Å². The van der Waals surface area contributed by atoms with Crippen LogP contribution in [0.5, 0.6) is 5.75 Å². The number of benzene rings is 3. The van der Waals surface area contributed by atoms with Gasteiger partial charge in [0.2, 0.25) is 11.8 Å². The minimum atomic E-state index is -4.16. The maximum absolute atomic E-state index is 13.9. The second-order valence-corrected chi connectivity index (χ2v) is 11.7. The van der Waals surface area contributed by atoms with Crippen LogP contribution in [0.4, 0.5) is 5.69 Å². The summed E-state index contributed by atoms with van der Waals surface area (Å²) in [5.41, 5.74) is 1.55. The molecule has 0 spiro atoms. The molecule has 0 unspecified atom stereocenters. The number of amides is 2. The highest BCUT2D eigenvalue weighted by molar-refractivity contribution is 7.92. The van der Waals surface area contributed by atoms with E-state index < -0.39 is 28.5 Å². The van der Waals surface area contributed by atoms with Crippen molar-refractivity contribution in [3.63, 3.8) is 0 Å². The third-order valence-corrected chi connectivity index (χ3v) is 8.41. The zero-order chi connectivity index (χ0) is 28.7. The molecule has 3 rings (SSSR count). The van der Waals surface area contributed by atoms with Gasteiger partial charge in [0, 0.05) is 17.6 Å². The number of rotatable bonds is 11. The number of anilines is 1. The van der Waals surface area contributed by atoms with Crippen LogP contribution in [0.1, 0.15) is 31.9 Å². The summed E-state index contributed by atoms with van der Waals surface area (Å²) in [4.78, 5) is 28.3. The number of ether oxygens (including phenoxy) is 1. The quantitative estimate of drug-likeness (QED) is 0.357. The summed E-state index contributed by atoms with van der Waals surface area (Å²) in [6.45, 7) is 6.53. The molecule has 0 aromatic heterocycles. The van der Waals surface area contributed by atoms with Crippen molar-refractivity contribution in [3.05, 3.63) is 88.9 Å². The summed E-state index contributed by atoms with van der Waals surface area (Å²) in [5, 5.41) is 3.21. The number of nitrogens with one attached hydrogen (secondary N) is 1. The van der Waals surface area contributed by atoms with Crippen molar-refractivity contribution >= 4 is 39.1 Å². The molecule has 10 heteroatoms. The van der Waals surface area contributed by atoms with Gasteiger partial charge in [-0.1, -0.05) is 48.0 Å². The molecule has 8 nitrogen and oxygen atoms in total. The summed E-state index contributed by atoms with van der Waals surface area (Å²) in [7, 11) is -2.60. The Kier molecular flexibility index (Phi) is 9.99. The minimum absolute atomic E-state index is 0.0319. The highest BCUT2D eigenvalue weighted by Gasteiger charge is 2.33. The summed E-state index contributed by atoms with van der Waals surface area (Å²) in [6, 6.07) is 18.9. The van der Waals surface area contributed by atoms with E-state index in [9.17, 15) is 18.0 Å². The van der Waals surface area contributed by atoms with E-state index in [1.807, 2.05) is 13.8 Å². The normalized spacial score (nSPS) is 12.1. The Labute approximate surface area is 235 Å². The number of carbonyl (C=O) groups excluding carboxylic acids is 2. The summed E-state index contributed by atoms with van der Waals surface area (Å²) >= 11 is 6.35. The minimum Gasteiger partial charge on any atom is -0.497 e. The molecule has 0 saturated carbocycles. The first-order valence-electron chi connectivity index (χ1n) is 12.5. The summed E-state index contributed by atoms with van der Waals surface area (Å²) in [6.07, 6.45) is 0. The zero-order valence-corrected chi connectivity index (χ0v) is 24.3. The molecule has 0 aliphatic heterocycles. The number of halogens is 1. The lowest BCUT2D eigenvalue weighted by molar-refractivity contribution is -0.139. The van der Waals surface area contributed by atoms with Gasteiger partial charge >= 0.3 is 0 Å². The van der Waals surface area contributed by atoms with Crippen LogP contribution < -0.4 is 14.4 Å². The largest absolute Gasteiger partial charge is 0.497 e. The number of methoxy groups -OCH3 is 1. The first-order chi connectivity index (χ1) is 18.4. The highest BCUT2D eigenvalue weighted by atomic mass is 35.5. The SMILES string of the molecule is COc1ccc(CN(C(=O)CN(c2cccc(Cl)c2C)S(=O)(=O)c2ccccc2)[C@@H](C)C(=O)NC(C)C)cc1. The monoisotopic (exact) mass is 571 g/mol. The Morgan fingerprint density at radius 2 is 1.59 bits per heavy atom. The van der Waals surface area contributed by atoms with Gasteiger partial charge < -0.3 is 15.0 Å². The van der Waals surface area contributed by atoms with Gasteiger partial charge in [-0.05, 0) is 75.2 Å². The molecule has 208 valence electrons. The van der Waals surface area contributed by atoms with Crippen LogP contribution in [0, 0.1) is 6.92 Å². The topological polar surface area (TPSA) is 96.0 Å². The van der Waals surface area contributed by atoms with E-state index in [4.69, 9.17) is 16.3 Å². The molecule has 1 atom stereocenters. The smallest absolute Gasteiger partial charge is 0.264 e. The first kappa shape index (κ1) is 30.0. The first-order valence-corrected chi connectivity index (χ1v) is 14.3. The predicted molar refractivity (Wildman–Crippen MR) is 153 cm³/mol. The number of hydrogen-bond donors (Lipinski definition) is 1. The molecule has 3 aromatic rings. The Hall–Kier alpha value is -3.56. The van der Waals surface area contributed by atoms with E-state index >= 15 is 0 Å². The molecule has 39 heavy (non-hydrogen) atoms. The third kappa shape index (κ3) is 7.30. The molecule has 0 bridgehead atoms. The van der Waals surface area contributed by atoms with Crippen LogP contribution in [0.25, 0.3) is 0 Å². The fraction of sp³-hybridized carbons (Fsp3) is 0.310. The van der Waals surface area contributed by atoms with E-state index in [1.54, 1.807) is 81.6 Å². The van der Waals surface area contributed by atoms with Gasteiger partial charge in [-0.25, -0.2) is 8.42 Å². The average Bonchev–Trinajstić information content (AvgIpc) is 2.92. The van der Waals surface area contributed by atoms with Crippen LogP contribution in [-0.4, -0.2) is 50.9 Å². The van der Waals surface area contributed by atoms with Crippen molar-refractivity contribution in [2.75, 3.05) is 18.0 Å². The third-order valence-electron chi connectivity index (χ3n) is 6.23. The van der Waals surface area contributed by atoms with Crippen molar-refractivity contribution in [3.8, 4) is 5.75 Å². The lowest BCUT2D eigenvalue weighted by Crippen LogP contribution is -2.52. The number of hydrogen-bond acceptors (Lipinski definition) is 5. The van der Waals surface area contributed by atoms with Crippen molar-refractivity contribution < 1.29 is 22.7 Å². The van der Waals surface area contributed by atoms with Crippen LogP contribution >= 0.6 is 11.6 Å². The molecule has 1 N–H and O–H groups in total. The molecule has 0 aliphatic carbocycles. The fourth-order valence-electron chi connectivity index (χ4n) is 4.01. The molecular weight excluding hydrogens is 538 g/mol. The number of sulfonamides is 1. The molecule has 0 saturated heterocycles. The van der Waals surface area contributed by atoms with E-state index in [-0.39, 0.29) is 29.1 Å². The van der Waals surface area contributed by atoms with Crippen LogP contribution in [0.3, 0.4) is 0 Å². The van der Waals surface area contributed by atoms with Gasteiger partial charge in [0.25, 0.3) is 10.0 Å². The van der Waals surface area contributed by atoms with E-state index in [2.05, 4.69) is 5.32 Å². The van der Waals surface area contributed by atoms with E-state index in [0.717, 1.165) is 9.87 Å². The zero-order valence-electron chi connectivity index (χ0n) is 22.7. The van der Waals surface area contributed by atoms with E-state index in [1.165, 1.54) is 17.0 Å². The van der Waals surface area contributed by atoms with Gasteiger partial charge in [-0.3, -0.25) is 13.9 Å². The van der Waals surface area contributed by atoms with Gasteiger partial charge in [-0.2, -0.15) is 0 Å². The second kappa shape index (κ2) is 13.0. The van der Waals surface area contributed by atoms with Crippen LogP contribution in [-0.2, 0) is 26.2 Å². The molecule has 3 aromatic carbocycles. The number of nitrogens with zero attached hydrogens (tertiary/aromatic N) is 2.